The second-order valence-electron chi connectivity index (χ2n) is 5.72. The maximum Gasteiger partial charge on any atom is 0.257 e. The minimum absolute atomic E-state index is 0.182. The Bertz CT molecular complexity index is 901. The number of carbonyl (C=O) groups is 1. The van der Waals surface area contributed by atoms with E-state index in [0.717, 1.165) is 10.0 Å². The van der Waals surface area contributed by atoms with Crippen molar-refractivity contribution in [2.75, 3.05) is 6.54 Å². The molecule has 0 aliphatic rings. The standard InChI is InChI=1S/C20H17BrFN3O/c1-2-25(13-15-10-17(21)8-9-18(15)22)20(26)16-11-23-19(24-12-16)14-6-4-3-5-7-14/h3-12H,2,13H2,1H3. The van der Waals surface area contributed by atoms with Crippen LogP contribution in [0.25, 0.3) is 11.4 Å². The van der Waals surface area contributed by atoms with E-state index in [-0.39, 0.29) is 18.3 Å². The van der Waals surface area contributed by atoms with Gasteiger partial charge in [0.05, 0.1) is 5.56 Å². The lowest BCUT2D eigenvalue weighted by atomic mass is 10.1. The van der Waals surface area contributed by atoms with Gasteiger partial charge in [0.1, 0.15) is 5.82 Å². The first-order valence-electron chi connectivity index (χ1n) is 8.19. The minimum atomic E-state index is -0.338. The molecule has 0 radical (unpaired) electrons. The van der Waals surface area contributed by atoms with Crippen molar-refractivity contribution >= 4 is 21.8 Å². The number of halogens is 2. The average Bonchev–Trinajstić information content (AvgIpc) is 2.69. The van der Waals surface area contributed by atoms with Gasteiger partial charge in [-0.05, 0) is 25.1 Å². The third kappa shape index (κ3) is 4.14. The van der Waals surface area contributed by atoms with Gasteiger partial charge in [0.15, 0.2) is 5.82 Å². The van der Waals surface area contributed by atoms with Crippen molar-refractivity contribution in [3.05, 3.63) is 82.3 Å². The zero-order valence-electron chi connectivity index (χ0n) is 14.2. The first-order valence-corrected chi connectivity index (χ1v) is 8.98. The molecule has 2 aromatic carbocycles. The van der Waals surface area contributed by atoms with Crippen molar-refractivity contribution in [2.24, 2.45) is 0 Å². The predicted octanol–water partition coefficient (Wildman–Crippen LogP) is 4.71. The summed E-state index contributed by atoms with van der Waals surface area (Å²) >= 11 is 3.33. The average molecular weight is 414 g/mol. The fraction of sp³-hybridized carbons (Fsp3) is 0.150. The van der Waals surface area contributed by atoms with E-state index in [4.69, 9.17) is 0 Å². The molecule has 6 heteroatoms. The summed E-state index contributed by atoms with van der Waals surface area (Å²) in [6.45, 7) is 2.49. The molecule has 0 bridgehead atoms. The molecule has 0 aliphatic heterocycles. The lowest BCUT2D eigenvalue weighted by Crippen LogP contribution is -2.30. The van der Waals surface area contributed by atoms with Crippen LogP contribution in [0.1, 0.15) is 22.8 Å². The summed E-state index contributed by atoms with van der Waals surface area (Å²) in [6, 6.07) is 14.2. The zero-order chi connectivity index (χ0) is 18.5. The number of carbonyl (C=O) groups excluding carboxylic acids is 1. The number of hydrogen-bond donors (Lipinski definition) is 0. The molecule has 3 aromatic rings. The van der Waals surface area contributed by atoms with Crippen LogP contribution in [0.4, 0.5) is 4.39 Å². The van der Waals surface area contributed by atoms with E-state index in [9.17, 15) is 9.18 Å². The van der Waals surface area contributed by atoms with Crippen LogP contribution in [-0.4, -0.2) is 27.3 Å². The van der Waals surface area contributed by atoms with Gasteiger partial charge in [0.25, 0.3) is 5.91 Å². The molecule has 132 valence electrons. The fourth-order valence-corrected chi connectivity index (χ4v) is 2.96. The number of nitrogens with zero attached hydrogens (tertiary/aromatic N) is 3. The van der Waals surface area contributed by atoms with Crippen LogP contribution in [0.3, 0.4) is 0 Å². The van der Waals surface area contributed by atoms with E-state index in [1.54, 1.807) is 17.0 Å². The largest absolute Gasteiger partial charge is 0.334 e. The molecule has 0 saturated heterocycles. The first-order chi connectivity index (χ1) is 12.6. The number of benzene rings is 2. The van der Waals surface area contributed by atoms with Crippen LogP contribution in [0, 0.1) is 5.82 Å². The smallest absolute Gasteiger partial charge is 0.257 e. The number of rotatable bonds is 5. The van der Waals surface area contributed by atoms with E-state index in [0.29, 0.717) is 23.5 Å². The van der Waals surface area contributed by atoms with Crippen LogP contribution in [-0.2, 0) is 6.54 Å². The summed E-state index contributed by atoms with van der Waals surface area (Å²) in [6.07, 6.45) is 3.02. The van der Waals surface area contributed by atoms with Crippen LogP contribution in [0.2, 0.25) is 0 Å². The Morgan fingerprint density at radius 1 is 1.12 bits per heavy atom. The molecular formula is C20H17BrFN3O. The SMILES string of the molecule is CCN(Cc1cc(Br)ccc1F)C(=O)c1cnc(-c2ccccc2)nc1. The van der Waals surface area contributed by atoms with Crippen molar-refractivity contribution in [2.45, 2.75) is 13.5 Å². The quantitative estimate of drug-likeness (QED) is 0.608. The third-order valence-corrected chi connectivity index (χ3v) is 4.46. The summed E-state index contributed by atoms with van der Waals surface area (Å²) in [5, 5.41) is 0. The van der Waals surface area contributed by atoms with Crippen molar-refractivity contribution in [1.29, 1.82) is 0 Å². The molecule has 26 heavy (non-hydrogen) atoms. The van der Waals surface area contributed by atoms with Crippen molar-refractivity contribution in [3.8, 4) is 11.4 Å². The normalized spacial score (nSPS) is 10.6. The minimum Gasteiger partial charge on any atom is -0.334 e. The summed E-state index contributed by atoms with van der Waals surface area (Å²) in [5.74, 6) is -0.00940. The second kappa shape index (κ2) is 8.19. The Morgan fingerprint density at radius 3 is 2.46 bits per heavy atom. The van der Waals surface area contributed by atoms with Crippen LogP contribution in [0.5, 0.6) is 0 Å². The molecular weight excluding hydrogens is 397 g/mol. The summed E-state index contributed by atoms with van der Waals surface area (Å²) < 4.78 is 14.8. The highest BCUT2D eigenvalue weighted by Crippen LogP contribution is 2.19. The van der Waals surface area contributed by atoms with Crippen molar-refractivity contribution < 1.29 is 9.18 Å². The topological polar surface area (TPSA) is 46.1 Å². The van der Waals surface area contributed by atoms with Gasteiger partial charge in [-0.25, -0.2) is 14.4 Å². The van der Waals surface area contributed by atoms with Gasteiger partial charge in [-0.3, -0.25) is 4.79 Å². The Morgan fingerprint density at radius 2 is 1.81 bits per heavy atom. The van der Waals surface area contributed by atoms with Crippen LogP contribution >= 0.6 is 15.9 Å². The predicted molar refractivity (Wildman–Crippen MR) is 102 cm³/mol. The molecule has 0 unspecified atom stereocenters. The molecule has 0 saturated carbocycles. The molecule has 1 aromatic heterocycles. The van der Waals surface area contributed by atoms with Gasteiger partial charge in [-0.1, -0.05) is 46.3 Å². The summed E-state index contributed by atoms with van der Waals surface area (Å²) in [7, 11) is 0. The van der Waals surface area contributed by atoms with E-state index in [1.165, 1.54) is 18.5 Å². The van der Waals surface area contributed by atoms with Gasteiger partial charge in [-0.2, -0.15) is 0 Å². The van der Waals surface area contributed by atoms with E-state index < -0.39 is 0 Å². The molecule has 0 atom stereocenters. The second-order valence-corrected chi connectivity index (χ2v) is 6.63. The van der Waals surface area contributed by atoms with E-state index in [1.807, 2.05) is 37.3 Å². The van der Waals surface area contributed by atoms with Gasteiger partial charge >= 0.3 is 0 Å². The highest BCUT2D eigenvalue weighted by molar-refractivity contribution is 9.10. The lowest BCUT2D eigenvalue weighted by molar-refractivity contribution is 0.0750. The number of aromatic nitrogens is 2. The lowest BCUT2D eigenvalue weighted by Gasteiger charge is -2.21. The van der Waals surface area contributed by atoms with Gasteiger partial charge in [-0.15, -0.1) is 0 Å². The highest BCUT2D eigenvalue weighted by Gasteiger charge is 2.17. The highest BCUT2D eigenvalue weighted by atomic mass is 79.9. The first kappa shape index (κ1) is 18.2. The van der Waals surface area contributed by atoms with Gasteiger partial charge in [0, 0.05) is 41.1 Å². The summed E-state index contributed by atoms with van der Waals surface area (Å²) in [5.41, 5.74) is 1.72. The molecule has 0 fully saturated rings. The van der Waals surface area contributed by atoms with E-state index >= 15 is 0 Å². The summed E-state index contributed by atoms with van der Waals surface area (Å²) in [4.78, 5) is 22.9. The van der Waals surface area contributed by atoms with Gasteiger partial charge in [0.2, 0.25) is 0 Å². The maximum absolute atomic E-state index is 14.0. The van der Waals surface area contributed by atoms with Crippen molar-refractivity contribution in [3.63, 3.8) is 0 Å². The van der Waals surface area contributed by atoms with Crippen LogP contribution < -0.4 is 0 Å². The Labute approximate surface area is 159 Å². The fourth-order valence-electron chi connectivity index (χ4n) is 2.55. The molecule has 1 amide bonds. The monoisotopic (exact) mass is 413 g/mol. The maximum atomic E-state index is 14.0. The van der Waals surface area contributed by atoms with Crippen LogP contribution in [0.15, 0.2) is 65.4 Å². The third-order valence-electron chi connectivity index (χ3n) is 3.97. The molecule has 1 heterocycles. The van der Waals surface area contributed by atoms with Gasteiger partial charge < -0.3 is 4.90 Å². The Hall–Kier alpha value is -2.60. The molecule has 0 spiro atoms. The van der Waals surface area contributed by atoms with Crippen molar-refractivity contribution in [1.82, 2.24) is 14.9 Å². The molecule has 3 rings (SSSR count). The molecule has 0 aliphatic carbocycles. The Balaban J connectivity index is 1.79. The molecule has 0 N–H and O–H groups in total. The number of amides is 1. The number of hydrogen-bond acceptors (Lipinski definition) is 3. The van der Waals surface area contributed by atoms with E-state index in [2.05, 4.69) is 25.9 Å². The molecule has 4 nitrogen and oxygen atoms in total. The Kier molecular flexibility index (Phi) is 5.73. The zero-order valence-corrected chi connectivity index (χ0v) is 15.8.